The third-order valence-corrected chi connectivity index (χ3v) is 4.09. The summed E-state index contributed by atoms with van der Waals surface area (Å²) in [6, 6.07) is 7.91. The molecule has 0 aromatic heterocycles. The highest BCUT2D eigenvalue weighted by atomic mass is 32.2. The van der Waals surface area contributed by atoms with E-state index in [-0.39, 0.29) is 5.75 Å². The number of sulfonamides is 1. The van der Waals surface area contributed by atoms with Gasteiger partial charge >= 0.3 is 0 Å². The Morgan fingerprint density at radius 3 is 2.33 bits per heavy atom. The van der Waals surface area contributed by atoms with Gasteiger partial charge in [0.25, 0.3) is 0 Å². The molecule has 0 amide bonds. The monoisotopic (exact) mass is 270 g/mol. The number of nitrogens with zero attached hydrogens (tertiary/aromatic N) is 1. The normalized spacial score (nSPS) is 12.0. The molecular weight excluding hydrogens is 248 g/mol. The van der Waals surface area contributed by atoms with Gasteiger partial charge in [-0.1, -0.05) is 31.2 Å². The predicted molar refractivity (Wildman–Crippen MR) is 74.8 cm³/mol. The van der Waals surface area contributed by atoms with Crippen molar-refractivity contribution in [3.8, 4) is 0 Å². The number of benzene rings is 1. The third-order valence-electron chi connectivity index (χ3n) is 2.56. The van der Waals surface area contributed by atoms with Gasteiger partial charge in [-0.25, -0.2) is 13.1 Å². The molecule has 0 saturated carbocycles. The lowest BCUT2D eigenvalue weighted by molar-refractivity contribution is 0.400. The van der Waals surface area contributed by atoms with E-state index in [0.29, 0.717) is 13.0 Å². The Bertz CT molecular complexity index is 470. The second kappa shape index (κ2) is 6.87. The van der Waals surface area contributed by atoms with Gasteiger partial charge in [-0.3, -0.25) is 0 Å². The summed E-state index contributed by atoms with van der Waals surface area (Å²) in [7, 11) is 0.857. The van der Waals surface area contributed by atoms with Crippen LogP contribution in [-0.2, 0) is 23.1 Å². The summed E-state index contributed by atoms with van der Waals surface area (Å²) in [5.74, 6) is 0.183. The van der Waals surface area contributed by atoms with Crippen LogP contribution in [0.4, 0.5) is 0 Å². The van der Waals surface area contributed by atoms with E-state index in [1.54, 1.807) is 0 Å². The summed E-state index contributed by atoms with van der Waals surface area (Å²) in [4.78, 5) is 2.07. The fourth-order valence-electron chi connectivity index (χ4n) is 1.75. The van der Waals surface area contributed by atoms with Crippen LogP contribution in [0.3, 0.4) is 0 Å². The Balaban J connectivity index is 2.73. The molecule has 0 unspecified atom stereocenters. The Morgan fingerprint density at radius 2 is 1.78 bits per heavy atom. The van der Waals surface area contributed by atoms with Gasteiger partial charge in [0.15, 0.2) is 0 Å². The molecule has 0 radical (unpaired) electrons. The van der Waals surface area contributed by atoms with E-state index in [4.69, 9.17) is 0 Å². The van der Waals surface area contributed by atoms with Gasteiger partial charge in [0, 0.05) is 13.1 Å². The lowest BCUT2D eigenvalue weighted by Crippen LogP contribution is -2.26. The van der Waals surface area contributed by atoms with E-state index in [2.05, 4.69) is 9.62 Å². The number of rotatable bonds is 7. The highest BCUT2D eigenvalue weighted by Crippen LogP contribution is 2.10. The van der Waals surface area contributed by atoms with Crippen molar-refractivity contribution in [2.75, 3.05) is 19.8 Å². The fraction of sp³-hybridized carbons (Fsp3) is 0.538. The van der Waals surface area contributed by atoms with Crippen molar-refractivity contribution in [2.24, 2.45) is 0 Å². The summed E-state index contributed by atoms with van der Waals surface area (Å²) >= 11 is 0. The van der Waals surface area contributed by atoms with Gasteiger partial charge in [0.1, 0.15) is 0 Å². The van der Waals surface area contributed by atoms with Crippen LogP contribution >= 0.6 is 0 Å². The molecule has 0 aliphatic heterocycles. The second-order valence-corrected chi connectivity index (χ2v) is 6.57. The van der Waals surface area contributed by atoms with Crippen LogP contribution in [-0.4, -0.2) is 33.2 Å². The molecule has 1 N–H and O–H groups in total. The molecule has 1 aromatic carbocycles. The van der Waals surface area contributed by atoms with E-state index in [0.717, 1.165) is 17.7 Å². The molecule has 0 aliphatic rings. The van der Waals surface area contributed by atoms with Gasteiger partial charge < -0.3 is 4.90 Å². The average Bonchev–Trinajstić information content (AvgIpc) is 2.27. The topological polar surface area (TPSA) is 49.4 Å². The summed E-state index contributed by atoms with van der Waals surface area (Å²) in [6.07, 6.45) is 0.634. The lowest BCUT2D eigenvalue weighted by atomic mass is 10.1. The molecule has 102 valence electrons. The van der Waals surface area contributed by atoms with Gasteiger partial charge in [-0.05, 0) is 31.6 Å². The van der Waals surface area contributed by atoms with Crippen LogP contribution in [0, 0.1) is 0 Å². The number of hydrogen-bond acceptors (Lipinski definition) is 3. The molecule has 18 heavy (non-hydrogen) atoms. The van der Waals surface area contributed by atoms with Crippen LogP contribution in [0.2, 0.25) is 0 Å². The van der Waals surface area contributed by atoms with Crippen LogP contribution in [0.25, 0.3) is 0 Å². The molecule has 0 fully saturated rings. The van der Waals surface area contributed by atoms with Crippen molar-refractivity contribution in [2.45, 2.75) is 26.4 Å². The molecule has 4 nitrogen and oxygen atoms in total. The van der Waals surface area contributed by atoms with Crippen LogP contribution in [0.5, 0.6) is 0 Å². The standard InChI is InChI=1S/C13H22N2O2S/c1-4-9-18(16,17)14-10-12-7-5-6-8-13(12)11-15(2)3/h5-8,14H,4,9-11H2,1-3H3. The maximum atomic E-state index is 11.6. The van der Waals surface area contributed by atoms with Crippen molar-refractivity contribution in [3.05, 3.63) is 35.4 Å². The maximum absolute atomic E-state index is 11.6. The molecule has 0 heterocycles. The van der Waals surface area contributed by atoms with Crippen molar-refractivity contribution in [1.82, 2.24) is 9.62 Å². The van der Waals surface area contributed by atoms with Gasteiger partial charge in [-0.15, -0.1) is 0 Å². The van der Waals surface area contributed by atoms with Crippen LogP contribution in [0.1, 0.15) is 24.5 Å². The van der Waals surface area contributed by atoms with E-state index < -0.39 is 10.0 Å². The summed E-state index contributed by atoms with van der Waals surface area (Å²) in [5.41, 5.74) is 2.19. The minimum Gasteiger partial charge on any atom is -0.305 e. The number of hydrogen-bond donors (Lipinski definition) is 1. The highest BCUT2D eigenvalue weighted by molar-refractivity contribution is 7.89. The van der Waals surface area contributed by atoms with E-state index in [9.17, 15) is 8.42 Å². The first-order valence-electron chi connectivity index (χ1n) is 6.13. The van der Waals surface area contributed by atoms with Crippen molar-refractivity contribution < 1.29 is 8.42 Å². The van der Waals surface area contributed by atoms with E-state index in [1.165, 1.54) is 0 Å². The van der Waals surface area contributed by atoms with Crippen LogP contribution in [0.15, 0.2) is 24.3 Å². The van der Waals surface area contributed by atoms with Crippen molar-refractivity contribution in [1.29, 1.82) is 0 Å². The average molecular weight is 270 g/mol. The first-order valence-corrected chi connectivity index (χ1v) is 7.78. The Labute approximate surface area is 110 Å². The summed E-state index contributed by atoms with van der Waals surface area (Å²) in [5, 5.41) is 0. The summed E-state index contributed by atoms with van der Waals surface area (Å²) in [6.45, 7) is 3.04. The summed E-state index contributed by atoms with van der Waals surface area (Å²) < 4.78 is 25.9. The fourth-order valence-corrected chi connectivity index (χ4v) is 2.81. The molecule has 0 aliphatic carbocycles. The first-order chi connectivity index (χ1) is 8.44. The Kier molecular flexibility index (Phi) is 5.78. The Hall–Kier alpha value is -0.910. The van der Waals surface area contributed by atoms with E-state index >= 15 is 0 Å². The smallest absolute Gasteiger partial charge is 0.211 e. The largest absolute Gasteiger partial charge is 0.305 e. The quantitative estimate of drug-likeness (QED) is 0.818. The van der Waals surface area contributed by atoms with Crippen LogP contribution < -0.4 is 4.72 Å². The lowest BCUT2D eigenvalue weighted by Gasteiger charge is -2.14. The molecule has 0 atom stereocenters. The zero-order valence-corrected chi connectivity index (χ0v) is 12.1. The molecule has 1 rings (SSSR count). The number of nitrogens with one attached hydrogen (secondary N) is 1. The third kappa shape index (κ3) is 5.16. The van der Waals surface area contributed by atoms with Crippen molar-refractivity contribution >= 4 is 10.0 Å². The van der Waals surface area contributed by atoms with E-state index in [1.807, 2.05) is 45.3 Å². The molecule has 0 bridgehead atoms. The molecular formula is C13H22N2O2S. The molecule has 0 spiro atoms. The van der Waals surface area contributed by atoms with Gasteiger partial charge in [0.05, 0.1) is 5.75 Å². The predicted octanol–water partition coefficient (Wildman–Crippen LogP) is 1.58. The Morgan fingerprint density at radius 1 is 1.17 bits per heavy atom. The molecule has 1 aromatic rings. The van der Waals surface area contributed by atoms with Gasteiger partial charge in [-0.2, -0.15) is 0 Å². The highest BCUT2D eigenvalue weighted by Gasteiger charge is 2.10. The SMILES string of the molecule is CCCS(=O)(=O)NCc1ccccc1CN(C)C. The minimum absolute atomic E-state index is 0.183. The zero-order valence-electron chi connectivity index (χ0n) is 11.3. The van der Waals surface area contributed by atoms with Crippen molar-refractivity contribution in [3.63, 3.8) is 0 Å². The first kappa shape index (κ1) is 15.1. The minimum atomic E-state index is -3.14. The maximum Gasteiger partial charge on any atom is 0.211 e. The molecule has 5 heteroatoms. The van der Waals surface area contributed by atoms with Gasteiger partial charge in [0.2, 0.25) is 10.0 Å². The second-order valence-electron chi connectivity index (χ2n) is 4.65. The molecule has 0 saturated heterocycles. The zero-order chi connectivity index (χ0) is 13.6.